The molecule has 0 amide bonds. The number of rotatable bonds is 2. The van der Waals surface area contributed by atoms with Crippen LogP contribution in [0.15, 0.2) is 18.2 Å². The van der Waals surface area contributed by atoms with E-state index in [4.69, 9.17) is 5.11 Å². The lowest BCUT2D eigenvalue weighted by Crippen LogP contribution is -1.92. The van der Waals surface area contributed by atoms with E-state index in [0.29, 0.717) is 11.6 Å². The van der Waals surface area contributed by atoms with Gasteiger partial charge in [-0.1, -0.05) is 0 Å². The van der Waals surface area contributed by atoms with Gasteiger partial charge in [0.25, 0.3) is 0 Å². The smallest absolute Gasteiger partial charge is 0.328 e. The van der Waals surface area contributed by atoms with Crippen molar-refractivity contribution in [1.82, 2.24) is 0 Å². The molecule has 0 spiro atoms. The Labute approximate surface area is 79.5 Å². The average Bonchev–Trinajstić information content (AvgIpc) is 2.01. The fourth-order valence-corrected chi connectivity index (χ4v) is 1.02. The Kier molecular flexibility index (Phi) is 2.96. The summed E-state index contributed by atoms with van der Waals surface area (Å²) in [6.07, 6.45) is 1.59. The average molecular weight is 198 g/mol. The van der Waals surface area contributed by atoms with Gasteiger partial charge in [0.2, 0.25) is 0 Å². The fourth-order valence-electron chi connectivity index (χ4n) is 1.02. The molecule has 0 aliphatic carbocycles. The number of halogens is 2. The first kappa shape index (κ1) is 10.4. The highest BCUT2D eigenvalue weighted by Gasteiger charge is 2.06. The van der Waals surface area contributed by atoms with Gasteiger partial charge in [-0.2, -0.15) is 0 Å². The second-order valence-corrected chi connectivity index (χ2v) is 2.81. The van der Waals surface area contributed by atoms with Gasteiger partial charge in [0.15, 0.2) is 0 Å². The summed E-state index contributed by atoms with van der Waals surface area (Å²) >= 11 is 0. The number of carboxylic acids is 1. The van der Waals surface area contributed by atoms with E-state index in [1.54, 1.807) is 6.92 Å². The highest BCUT2D eigenvalue weighted by molar-refractivity contribution is 5.85. The molecule has 74 valence electrons. The van der Waals surface area contributed by atoms with E-state index in [-0.39, 0.29) is 5.56 Å². The van der Waals surface area contributed by atoms with Gasteiger partial charge in [0.1, 0.15) is 11.6 Å². The molecule has 1 N–H and O–H groups in total. The number of hydrogen-bond acceptors (Lipinski definition) is 1. The summed E-state index contributed by atoms with van der Waals surface area (Å²) in [5, 5.41) is 8.28. The Hall–Kier alpha value is -1.71. The number of carboxylic acid groups (broad SMARTS) is 1. The molecule has 0 saturated heterocycles. The van der Waals surface area contributed by atoms with Crippen molar-refractivity contribution in [2.24, 2.45) is 0 Å². The van der Waals surface area contributed by atoms with Crippen molar-refractivity contribution in [3.05, 3.63) is 41.0 Å². The molecule has 0 aromatic heterocycles. The van der Waals surface area contributed by atoms with Crippen LogP contribution in [-0.2, 0) is 4.79 Å². The summed E-state index contributed by atoms with van der Waals surface area (Å²) < 4.78 is 26.2. The third-order valence-electron chi connectivity index (χ3n) is 1.62. The minimum Gasteiger partial charge on any atom is -0.478 e. The standard InChI is InChI=1S/C10H8F2O2/c1-6-4-8(11)7(9(12)5-6)2-3-10(13)14/h2-5H,1H3,(H,13,14)/b3-2+. The molecule has 14 heavy (non-hydrogen) atoms. The first-order chi connectivity index (χ1) is 6.50. The molecule has 0 heterocycles. The van der Waals surface area contributed by atoms with Crippen molar-refractivity contribution in [1.29, 1.82) is 0 Å². The van der Waals surface area contributed by atoms with Crippen molar-refractivity contribution < 1.29 is 18.7 Å². The monoisotopic (exact) mass is 198 g/mol. The van der Waals surface area contributed by atoms with E-state index in [1.807, 2.05) is 0 Å². The van der Waals surface area contributed by atoms with Crippen molar-refractivity contribution in [2.45, 2.75) is 6.92 Å². The normalized spacial score (nSPS) is 10.8. The van der Waals surface area contributed by atoms with Crippen LogP contribution >= 0.6 is 0 Å². The Bertz CT molecular complexity index is 374. The summed E-state index contributed by atoms with van der Waals surface area (Å²) in [6.45, 7) is 1.55. The Balaban J connectivity index is 3.15. The summed E-state index contributed by atoms with van der Waals surface area (Å²) in [7, 11) is 0. The fraction of sp³-hybridized carbons (Fsp3) is 0.100. The highest BCUT2D eigenvalue weighted by atomic mass is 19.1. The molecule has 1 aromatic rings. The lowest BCUT2D eigenvalue weighted by Gasteiger charge is -2.00. The zero-order valence-corrected chi connectivity index (χ0v) is 7.42. The molecule has 0 fully saturated rings. The Morgan fingerprint density at radius 1 is 1.36 bits per heavy atom. The molecular formula is C10H8F2O2. The summed E-state index contributed by atoms with van der Waals surface area (Å²) in [5.41, 5.74) is 0.116. The first-order valence-electron chi connectivity index (χ1n) is 3.87. The third-order valence-corrected chi connectivity index (χ3v) is 1.62. The van der Waals surface area contributed by atoms with Gasteiger partial charge in [-0.3, -0.25) is 0 Å². The summed E-state index contributed by atoms with van der Waals surface area (Å²) in [6, 6.07) is 2.29. The zero-order valence-electron chi connectivity index (χ0n) is 7.42. The lowest BCUT2D eigenvalue weighted by atomic mass is 10.1. The van der Waals surface area contributed by atoms with Gasteiger partial charge in [0.05, 0.1) is 0 Å². The summed E-state index contributed by atoms with van der Waals surface area (Å²) in [5.74, 6) is -2.77. The second kappa shape index (κ2) is 4.00. The van der Waals surface area contributed by atoms with Crippen LogP contribution in [0.1, 0.15) is 11.1 Å². The van der Waals surface area contributed by atoms with Crippen molar-refractivity contribution in [3.63, 3.8) is 0 Å². The predicted octanol–water partition coefficient (Wildman–Crippen LogP) is 2.37. The predicted molar refractivity (Wildman–Crippen MR) is 47.8 cm³/mol. The maximum atomic E-state index is 13.1. The first-order valence-corrected chi connectivity index (χ1v) is 3.87. The molecule has 0 aliphatic rings. The van der Waals surface area contributed by atoms with Crippen LogP contribution in [0, 0.1) is 18.6 Å². The molecule has 1 rings (SSSR count). The molecule has 0 saturated carbocycles. The van der Waals surface area contributed by atoms with Crippen LogP contribution in [-0.4, -0.2) is 11.1 Å². The molecule has 0 aliphatic heterocycles. The van der Waals surface area contributed by atoms with E-state index in [9.17, 15) is 13.6 Å². The number of aliphatic carboxylic acids is 1. The van der Waals surface area contributed by atoms with Crippen LogP contribution in [0.2, 0.25) is 0 Å². The van der Waals surface area contributed by atoms with Crippen LogP contribution in [0.4, 0.5) is 8.78 Å². The van der Waals surface area contributed by atoms with Crippen LogP contribution in [0.5, 0.6) is 0 Å². The van der Waals surface area contributed by atoms with E-state index >= 15 is 0 Å². The van der Waals surface area contributed by atoms with E-state index in [2.05, 4.69) is 0 Å². The zero-order chi connectivity index (χ0) is 10.7. The number of carbonyl (C=O) groups is 1. The van der Waals surface area contributed by atoms with Crippen LogP contribution in [0.25, 0.3) is 6.08 Å². The van der Waals surface area contributed by atoms with E-state index < -0.39 is 17.6 Å². The molecule has 2 nitrogen and oxygen atoms in total. The molecule has 1 aromatic carbocycles. The molecule has 0 atom stereocenters. The quantitative estimate of drug-likeness (QED) is 0.740. The van der Waals surface area contributed by atoms with Gasteiger partial charge in [-0.25, -0.2) is 13.6 Å². The second-order valence-electron chi connectivity index (χ2n) is 2.81. The van der Waals surface area contributed by atoms with Gasteiger partial charge in [-0.05, 0) is 30.7 Å². The SMILES string of the molecule is Cc1cc(F)c(/C=C/C(=O)O)c(F)c1. The molecule has 4 heteroatoms. The van der Waals surface area contributed by atoms with Gasteiger partial charge >= 0.3 is 5.97 Å². The van der Waals surface area contributed by atoms with E-state index in [1.165, 1.54) is 0 Å². The molecule has 0 bridgehead atoms. The number of benzene rings is 1. The minimum absolute atomic E-state index is 0.335. The van der Waals surface area contributed by atoms with Crippen LogP contribution < -0.4 is 0 Å². The largest absolute Gasteiger partial charge is 0.478 e. The Morgan fingerprint density at radius 3 is 2.29 bits per heavy atom. The minimum atomic E-state index is -1.25. The van der Waals surface area contributed by atoms with Gasteiger partial charge < -0.3 is 5.11 Å². The van der Waals surface area contributed by atoms with E-state index in [0.717, 1.165) is 18.2 Å². The highest BCUT2D eigenvalue weighted by Crippen LogP contribution is 2.16. The molecule has 0 unspecified atom stereocenters. The Morgan fingerprint density at radius 2 is 1.86 bits per heavy atom. The number of aryl methyl sites for hydroxylation is 1. The number of hydrogen-bond donors (Lipinski definition) is 1. The topological polar surface area (TPSA) is 37.3 Å². The van der Waals surface area contributed by atoms with Crippen molar-refractivity contribution >= 4 is 12.0 Å². The molecule has 0 radical (unpaired) electrons. The third kappa shape index (κ3) is 2.39. The van der Waals surface area contributed by atoms with Crippen LogP contribution in [0.3, 0.4) is 0 Å². The maximum Gasteiger partial charge on any atom is 0.328 e. The maximum absolute atomic E-state index is 13.1. The lowest BCUT2D eigenvalue weighted by molar-refractivity contribution is -0.131. The van der Waals surface area contributed by atoms with Gasteiger partial charge in [0, 0.05) is 11.6 Å². The molecular weight excluding hydrogens is 190 g/mol. The summed E-state index contributed by atoms with van der Waals surface area (Å²) in [4.78, 5) is 10.1. The van der Waals surface area contributed by atoms with Gasteiger partial charge in [-0.15, -0.1) is 0 Å². The van der Waals surface area contributed by atoms with Crippen molar-refractivity contribution in [2.75, 3.05) is 0 Å². The van der Waals surface area contributed by atoms with Crippen molar-refractivity contribution in [3.8, 4) is 0 Å².